The first kappa shape index (κ1) is 21.2. The van der Waals surface area contributed by atoms with E-state index in [-0.39, 0.29) is 24.1 Å². The molecule has 0 aliphatic heterocycles. The van der Waals surface area contributed by atoms with E-state index in [4.69, 9.17) is 16.0 Å². The first-order valence-corrected chi connectivity index (χ1v) is 9.71. The molecular formula is C17H18BrCl2N3O2S. The average Bonchev–Trinajstić information content (AvgIpc) is 3.16. The molecule has 26 heavy (non-hydrogen) atoms. The van der Waals surface area contributed by atoms with Gasteiger partial charge in [-0.2, -0.15) is 0 Å². The van der Waals surface area contributed by atoms with Crippen molar-refractivity contribution in [3.05, 3.63) is 45.8 Å². The zero-order valence-electron chi connectivity index (χ0n) is 14.2. The summed E-state index contributed by atoms with van der Waals surface area (Å²) in [4.78, 5) is 21.3. The molecule has 3 rings (SSSR count). The van der Waals surface area contributed by atoms with Gasteiger partial charge in [0, 0.05) is 11.6 Å². The summed E-state index contributed by atoms with van der Waals surface area (Å²) in [7, 11) is 4.02. The summed E-state index contributed by atoms with van der Waals surface area (Å²) in [6, 6.07) is 8.90. The summed E-state index contributed by atoms with van der Waals surface area (Å²) in [6.45, 7) is 1.44. The SMILES string of the molecule is CN(C)CCCN(C(=O)c1ccc(Br)o1)c1nc2ccc(Cl)cc2s1.Cl. The Balaban J connectivity index is 0.00000243. The van der Waals surface area contributed by atoms with E-state index in [1.54, 1.807) is 23.1 Å². The van der Waals surface area contributed by atoms with Gasteiger partial charge in [-0.15, -0.1) is 12.4 Å². The number of aromatic nitrogens is 1. The highest BCUT2D eigenvalue weighted by atomic mass is 79.9. The number of amides is 1. The van der Waals surface area contributed by atoms with Crippen molar-refractivity contribution >= 4 is 72.5 Å². The van der Waals surface area contributed by atoms with Crippen LogP contribution in [-0.2, 0) is 0 Å². The zero-order chi connectivity index (χ0) is 18.0. The summed E-state index contributed by atoms with van der Waals surface area (Å²) < 4.78 is 6.92. The maximum absolute atomic E-state index is 12.9. The smallest absolute Gasteiger partial charge is 0.295 e. The minimum atomic E-state index is -0.199. The number of anilines is 1. The largest absolute Gasteiger partial charge is 0.444 e. The maximum Gasteiger partial charge on any atom is 0.295 e. The minimum Gasteiger partial charge on any atom is -0.444 e. The Kier molecular flexibility index (Phi) is 7.49. The predicted molar refractivity (Wildman–Crippen MR) is 113 cm³/mol. The molecule has 0 aliphatic carbocycles. The van der Waals surface area contributed by atoms with Crippen LogP contribution in [0.3, 0.4) is 0 Å². The molecule has 0 N–H and O–H groups in total. The molecule has 0 saturated heterocycles. The van der Waals surface area contributed by atoms with Crippen molar-refractivity contribution in [2.75, 3.05) is 32.1 Å². The topological polar surface area (TPSA) is 49.6 Å². The number of rotatable bonds is 6. The second-order valence-corrected chi connectivity index (χ2v) is 8.05. The molecule has 0 spiro atoms. The summed E-state index contributed by atoms with van der Waals surface area (Å²) in [5.41, 5.74) is 0.829. The Hall–Kier alpha value is -1.12. The molecule has 0 fully saturated rings. The van der Waals surface area contributed by atoms with Gasteiger partial charge in [0.05, 0.1) is 10.2 Å². The van der Waals surface area contributed by atoms with Gasteiger partial charge in [-0.3, -0.25) is 9.69 Å². The summed E-state index contributed by atoms with van der Waals surface area (Å²) in [5, 5.41) is 1.30. The van der Waals surface area contributed by atoms with Crippen molar-refractivity contribution < 1.29 is 9.21 Å². The second kappa shape index (κ2) is 9.19. The quantitative estimate of drug-likeness (QED) is 0.480. The molecule has 5 nitrogen and oxygen atoms in total. The molecule has 0 bridgehead atoms. The molecule has 1 aromatic carbocycles. The van der Waals surface area contributed by atoms with Gasteiger partial charge in [-0.1, -0.05) is 22.9 Å². The number of thiazole rings is 1. The number of carbonyl (C=O) groups is 1. The predicted octanol–water partition coefficient (Wildman–Crippen LogP) is 5.33. The number of furan rings is 1. The number of halogens is 3. The monoisotopic (exact) mass is 477 g/mol. The number of nitrogens with zero attached hydrogens (tertiary/aromatic N) is 3. The van der Waals surface area contributed by atoms with Gasteiger partial charge in [-0.25, -0.2) is 4.98 Å². The number of carbonyl (C=O) groups excluding carboxylic acids is 1. The minimum absolute atomic E-state index is 0. The van der Waals surface area contributed by atoms with Crippen LogP contribution in [0.4, 0.5) is 5.13 Å². The molecule has 0 aliphatic rings. The normalized spacial score (nSPS) is 11.0. The zero-order valence-corrected chi connectivity index (χ0v) is 18.2. The number of hydrogen-bond acceptors (Lipinski definition) is 5. The summed E-state index contributed by atoms with van der Waals surface area (Å²) in [6.07, 6.45) is 0.831. The van der Waals surface area contributed by atoms with Gasteiger partial charge in [-0.05, 0) is 73.3 Å². The van der Waals surface area contributed by atoms with Gasteiger partial charge < -0.3 is 9.32 Å². The number of fused-ring (bicyclic) bond motifs is 1. The van der Waals surface area contributed by atoms with Crippen molar-refractivity contribution in [2.24, 2.45) is 0 Å². The molecule has 2 heterocycles. The maximum atomic E-state index is 12.9. The van der Waals surface area contributed by atoms with E-state index in [0.717, 1.165) is 23.2 Å². The van der Waals surface area contributed by atoms with Crippen molar-refractivity contribution in [1.82, 2.24) is 9.88 Å². The lowest BCUT2D eigenvalue weighted by atomic mass is 10.3. The lowest BCUT2D eigenvalue weighted by Crippen LogP contribution is -2.33. The van der Waals surface area contributed by atoms with Crippen LogP contribution in [0.2, 0.25) is 5.02 Å². The highest BCUT2D eigenvalue weighted by molar-refractivity contribution is 9.10. The molecule has 1 amide bonds. The fourth-order valence-electron chi connectivity index (χ4n) is 2.39. The van der Waals surface area contributed by atoms with Gasteiger partial charge in [0.25, 0.3) is 5.91 Å². The van der Waals surface area contributed by atoms with Crippen LogP contribution in [0.5, 0.6) is 0 Å². The van der Waals surface area contributed by atoms with Gasteiger partial charge in [0.1, 0.15) is 0 Å². The van der Waals surface area contributed by atoms with Crippen LogP contribution < -0.4 is 4.90 Å². The van der Waals surface area contributed by atoms with Gasteiger partial charge in [0.15, 0.2) is 15.6 Å². The molecule has 9 heteroatoms. The lowest BCUT2D eigenvalue weighted by molar-refractivity contribution is 0.0958. The van der Waals surface area contributed by atoms with E-state index in [1.807, 2.05) is 26.2 Å². The third-order valence-corrected chi connectivity index (χ3v) is 5.29. The Labute approximate surface area is 175 Å². The fraction of sp³-hybridized carbons (Fsp3) is 0.294. The molecule has 0 atom stereocenters. The van der Waals surface area contributed by atoms with E-state index in [0.29, 0.717) is 21.4 Å². The summed E-state index contributed by atoms with van der Waals surface area (Å²) >= 11 is 10.8. The Morgan fingerprint density at radius 3 is 2.69 bits per heavy atom. The molecule has 2 aromatic heterocycles. The molecule has 3 aromatic rings. The molecule has 0 saturated carbocycles. The molecular weight excluding hydrogens is 461 g/mol. The van der Waals surface area contributed by atoms with E-state index in [9.17, 15) is 4.79 Å². The fourth-order valence-corrected chi connectivity index (χ4v) is 3.97. The van der Waals surface area contributed by atoms with Crippen LogP contribution in [0, 0.1) is 0 Å². The van der Waals surface area contributed by atoms with Crippen molar-refractivity contribution in [2.45, 2.75) is 6.42 Å². The van der Waals surface area contributed by atoms with E-state index < -0.39 is 0 Å². The van der Waals surface area contributed by atoms with Crippen molar-refractivity contribution in [3.63, 3.8) is 0 Å². The van der Waals surface area contributed by atoms with Crippen LogP contribution in [-0.4, -0.2) is 43.0 Å². The standard InChI is InChI=1S/C17H17BrClN3O2S.ClH/c1-21(2)8-3-9-22(16(23)13-6-7-15(18)24-13)17-20-12-5-4-11(19)10-14(12)25-17;/h4-7,10H,3,8-9H2,1-2H3;1H. The Morgan fingerprint density at radius 2 is 2.04 bits per heavy atom. The molecule has 0 unspecified atom stereocenters. The van der Waals surface area contributed by atoms with E-state index in [2.05, 4.69) is 25.8 Å². The highest BCUT2D eigenvalue weighted by Crippen LogP contribution is 2.32. The third-order valence-electron chi connectivity index (χ3n) is 3.59. The number of benzene rings is 1. The third kappa shape index (κ3) is 4.98. The number of hydrogen-bond donors (Lipinski definition) is 0. The van der Waals surface area contributed by atoms with Crippen LogP contribution in [0.1, 0.15) is 17.0 Å². The lowest BCUT2D eigenvalue weighted by Gasteiger charge is -2.19. The van der Waals surface area contributed by atoms with Crippen molar-refractivity contribution in [3.8, 4) is 0 Å². The Morgan fingerprint density at radius 1 is 1.27 bits per heavy atom. The first-order valence-electron chi connectivity index (χ1n) is 7.72. The van der Waals surface area contributed by atoms with Crippen LogP contribution >= 0.6 is 51.3 Å². The molecule has 0 radical (unpaired) electrons. The van der Waals surface area contributed by atoms with Gasteiger partial charge in [0.2, 0.25) is 0 Å². The van der Waals surface area contributed by atoms with Crippen LogP contribution in [0.25, 0.3) is 10.2 Å². The second-order valence-electron chi connectivity index (χ2n) is 5.83. The Bertz CT molecular complexity index is 897. The van der Waals surface area contributed by atoms with E-state index >= 15 is 0 Å². The van der Waals surface area contributed by atoms with Crippen molar-refractivity contribution in [1.29, 1.82) is 0 Å². The van der Waals surface area contributed by atoms with Crippen LogP contribution in [0.15, 0.2) is 39.4 Å². The van der Waals surface area contributed by atoms with E-state index in [1.165, 1.54) is 11.3 Å². The first-order chi connectivity index (χ1) is 11.9. The average molecular weight is 479 g/mol. The summed E-state index contributed by atoms with van der Waals surface area (Å²) in [5.74, 6) is 0.0867. The molecule has 140 valence electrons. The van der Waals surface area contributed by atoms with Gasteiger partial charge >= 0.3 is 0 Å². The highest BCUT2D eigenvalue weighted by Gasteiger charge is 2.23.